The Morgan fingerprint density at radius 1 is 1.44 bits per heavy atom. The van der Waals surface area contributed by atoms with Crippen molar-refractivity contribution in [1.29, 1.82) is 0 Å². The summed E-state index contributed by atoms with van der Waals surface area (Å²) in [4.78, 5) is 11.8. The van der Waals surface area contributed by atoms with E-state index in [1.807, 2.05) is 0 Å². The van der Waals surface area contributed by atoms with Crippen LogP contribution in [0.4, 0.5) is 4.39 Å². The standard InChI is InChI=1S/C13H17FN2O2/c1-18-11-4-2-3-10(14)12(11)13(17)16-8-7-15-9-5-6-9/h2-4,9,15H,5-8H2,1H3,(H,16,17). The van der Waals surface area contributed by atoms with Gasteiger partial charge in [0.25, 0.3) is 5.91 Å². The number of amides is 1. The first kappa shape index (κ1) is 12.8. The Labute approximate surface area is 106 Å². The van der Waals surface area contributed by atoms with E-state index < -0.39 is 11.7 Å². The van der Waals surface area contributed by atoms with E-state index in [0.717, 1.165) is 0 Å². The number of benzene rings is 1. The molecular formula is C13H17FN2O2. The number of halogens is 1. The predicted molar refractivity (Wildman–Crippen MR) is 66.3 cm³/mol. The van der Waals surface area contributed by atoms with Crippen molar-refractivity contribution in [3.63, 3.8) is 0 Å². The van der Waals surface area contributed by atoms with Crippen LogP contribution in [-0.4, -0.2) is 32.1 Å². The lowest BCUT2D eigenvalue weighted by molar-refractivity contribution is 0.0946. The first-order chi connectivity index (χ1) is 8.72. The third-order valence-electron chi connectivity index (χ3n) is 2.84. The van der Waals surface area contributed by atoms with Crippen LogP contribution in [-0.2, 0) is 0 Å². The molecule has 18 heavy (non-hydrogen) atoms. The summed E-state index contributed by atoms with van der Waals surface area (Å²) >= 11 is 0. The highest BCUT2D eigenvalue weighted by atomic mass is 19.1. The summed E-state index contributed by atoms with van der Waals surface area (Å²) < 4.78 is 18.6. The van der Waals surface area contributed by atoms with Gasteiger partial charge in [-0.05, 0) is 25.0 Å². The molecule has 5 heteroatoms. The van der Waals surface area contributed by atoms with E-state index in [1.165, 1.54) is 32.1 Å². The van der Waals surface area contributed by atoms with Crippen molar-refractivity contribution in [3.8, 4) is 5.75 Å². The van der Waals surface area contributed by atoms with Gasteiger partial charge in [-0.1, -0.05) is 6.07 Å². The summed E-state index contributed by atoms with van der Waals surface area (Å²) in [5.74, 6) is -0.757. The van der Waals surface area contributed by atoms with Gasteiger partial charge in [0.2, 0.25) is 0 Å². The third-order valence-corrected chi connectivity index (χ3v) is 2.84. The highest BCUT2D eigenvalue weighted by molar-refractivity contribution is 5.97. The zero-order valence-corrected chi connectivity index (χ0v) is 10.3. The van der Waals surface area contributed by atoms with E-state index in [1.54, 1.807) is 6.07 Å². The van der Waals surface area contributed by atoms with Gasteiger partial charge in [0.15, 0.2) is 0 Å². The lowest BCUT2D eigenvalue weighted by atomic mass is 10.1. The van der Waals surface area contributed by atoms with Crippen molar-refractivity contribution in [3.05, 3.63) is 29.6 Å². The van der Waals surface area contributed by atoms with Crippen molar-refractivity contribution in [2.24, 2.45) is 0 Å². The van der Waals surface area contributed by atoms with Gasteiger partial charge in [-0.15, -0.1) is 0 Å². The van der Waals surface area contributed by atoms with Crippen molar-refractivity contribution >= 4 is 5.91 Å². The molecule has 0 aromatic heterocycles. The summed E-state index contributed by atoms with van der Waals surface area (Å²) in [6.07, 6.45) is 2.41. The molecule has 0 aliphatic heterocycles. The predicted octanol–water partition coefficient (Wildman–Crippen LogP) is 1.32. The maximum Gasteiger partial charge on any atom is 0.258 e. The average molecular weight is 252 g/mol. The molecule has 1 amide bonds. The Bertz CT molecular complexity index is 433. The Balaban J connectivity index is 1.90. The fourth-order valence-electron chi connectivity index (χ4n) is 1.72. The second-order valence-corrected chi connectivity index (χ2v) is 4.30. The van der Waals surface area contributed by atoms with Crippen LogP contribution in [0, 0.1) is 5.82 Å². The van der Waals surface area contributed by atoms with E-state index in [2.05, 4.69) is 10.6 Å². The van der Waals surface area contributed by atoms with Crippen molar-refractivity contribution < 1.29 is 13.9 Å². The molecule has 1 saturated carbocycles. The van der Waals surface area contributed by atoms with Crippen molar-refractivity contribution in [2.75, 3.05) is 20.2 Å². The van der Waals surface area contributed by atoms with Gasteiger partial charge in [-0.3, -0.25) is 4.79 Å². The smallest absolute Gasteiger partial charge is 0.258 e. The van der Waals surface area contributed by atoms with Gasteiger partial charge < -0.3 is 15.4 Å². The fraction of sp³-hybridized carbons (Fsp3) is 0.462. The molecule has 0 atom stereocenters. The van der Waals surface area contributed by atoms with Crippen LogP contribution < -0.4 is 15.4 Å². The molecule has 0 radical (unpaired) electrons. The molecule has 4 nitrogen and oxygen atoms in total. The van der Waals surface area contributed by atoms with Crippen LogP contribution in [0.1, 0.15) is 23.2 Å². The van der Waals surface area contributed by atoms with E-state index in [9.17, 15) is 9.18 Å². The summed E-state index contributed by atoms with van der Waals surface area (Å²) in [6, 6.07) is 4.94. The minimum Gasteiger partial charge on any atom is -0.496 e. The molecule has 0 saturated heterocycles. The minimum atomic E-state index is -0.568. The number of hydrogen-bond acceptors (Lipinski definition) is 3. The highest BCUT2D eigenvalue weighted by Crippen LogP contribution is 2.20. The van der Waals surface area contributed by atoms with Crippen LogP contribution in [0.2, 0.25) is 0 Å². The second kappa shape index (κ2) is 5.82. The van der Waals surface area contributed by atoms with Crippen molar-refractivity contribution in [1.82, 2.24) is 10.6 Å². The number of carbonyl (C=O) groups excluding carboxylic acids is 1. The molecule has 1 aliphatic rings. The summed E-state index contributed by atoms with van der Waals surface area (Å²) in [5, 5.41) is 5.94. The maximum atomic E-state index is 13.6. The normalized spacial score (nSPS) is 14.3. The van der Waals surface area contributed by atoms with E-state index in [-0.39, 0.29) is 11.3 Å². The molecule has 1 aliphatic carbocycles. The van der Waals surface area contributed by atoms with Gasteiger partial charge >= 0.3 is 0 Å². The molecule has 1 fully saturated rings. The van der Waals surface area contributed by atoms with Gasteiger partial charge in [-0.25, -0.2) is 4.39 Å². The summed E-state index contributed by atoms with van der Waals surface area (Å²) in [6.45, 7) is 1.18. The lowest BCUT2D eigenvalue weighted by Gasteiger charge is -2.10. The molecule has 0 spiro atoms. The van der Waals surface area contributed by atoms with Gasteiger partial charge in [0, 0.05) is 19.1 Å². The Morgan fingerprint density at radius 3 is 2.89 bits per heavy atom. The topological polar surface area (TPSA) is 50.4 Å². The van der Waals surface area contributed by atoms with Gasteiger partial charge in [0.1, 0.15) is 17.1 Å². The Hall–Kier alpha value is -1.62. The van der Waals surface area contributed by atoms with E-state index in [0.29, 0.717) is 19.1 Å². The molecule has 0 unspecified atom stereocenters. The number of ether oxygens (including phenoxy) is 1. The van der Waals surface area contributed by atoms with Crippen LogP contribution in [0.25, 0.3) is 0 Å². The van der Waals surface area contributed by atoms with Gasteiger partial charge in [0.05, 0.1) is 7.11 Å². The van der Waals surface area contributed by atoms with E-state index in [4.69, 9.17) is 4.74 Å². The monoisotopic (exact) mass is 252 g/mol. The highest BCUT2D eigenvalue weighted by Gasteiger charge is 2.20. The number of rotatable bonds is 6. The largest absolute Gasteiger partial charge is 0.496 e. The third kappa shape index (κ3) is 3.20. The van der Waals surface area contributed by atoms with Crippen LogP contribution in [0.15, 0.2) is 18.2 Å². The quantitative estimate of drug-likeness (QED) is 0.751. The molecule has 2 N–H and O–H groups in total. The van der Waals surface area contributed by atoms with Gasteiger partial charge in [-0.2, -0.15) is 0 Å². The maximum absolute atomic E-state index is 13.6. The first-order valence-corrected chi connectivity index (χ1v) is 6.06. The number of hydrogen-bond donors (Lipinski definition) is 2. The van der Waals surface area contributed by atoms with Crippen LogP contribution in [0.5, 0.6) is 5.75 Å². The molecule has 98 valence electrons. The molecular weight excluding hydrogens is 235 g/mol. The lowest BCUT2D eigenvalue weighted by Crippen LogP contribution is -2.33. The first-order valence-electron chi connectivity index (χ1n) is 6.06. The number of carbonyl (C=O) groups is 1. The van der Waals surface area contributed by atoms with E-state index >= 15 is 0 Å². The fourth-order valence-corrected chi connectivity index (χ4v) is 1.72. The Kier molecular flexibility index (Phi) is 4.15. The average Bonchev–Trinajstić information content (AvgIpc) is 3.18. The molecule has 0 heterocycles. The molecule has 2 rings (SSSR count). The molecule has 0 bridgehead atoms. The summed E-state index contributed by atoms with van der Waals surface area (Å²) in [7, 11) is 1.42. The van der Waals surface area contributed by atoms with Crippen LogP contribution >= 0.6 is 0 Å². The SMILES string of the molecule is COc1cccc(F)c1C(=O)NCCNC1CC1. The number of nitrogens with one attached hydrogen (secondary N) is 2. The van der Waals surface area contributed by atoms with Crippen LogP contribution in [0.3, 0.4) is 0 Å². The zero-order chi connectivity index (χ0) is 13.0. The van der Waals surface area contributed by atoms with Crippen molar-refractivity contribution in [2.45, 2.75) is 18.9 Å². The summed E-state index contributed by atoms with van der Waals surface area (Å²) in [5.41, 5.74) is -0.0357. The molecule has 1 aromatic rings. The second-order valence-electron chi connectivity index (χ2n) is 4.30. The Morgan fingerprint density at radius 2 is 2.22 bits per heavy atom. The zero-order valence-electron chi connectivity index (χ0n) is 10.3. The molecule has 1 aromatic carbocycles. The minimum absolute atomic E-state index is 0.0357. The number of methoxy groups -OCH3 is 1.